The maximum absolute atomic E-state index is 4.61. The SMILES string of the molecule is CSC(=NCn1nnc2ccccc21)c1cccnc1. The van der Waals surface area contributed by atoms with E-state index in [9.17, 15) is 0 Å². The van der Waals surface area contributed by atoms with Crippen LogP contribution in [0.2, 0.25) is 0 Å². The van der Waals surface area contributed by atoms with Crippen LogP contribution >= 0.6 is 11.8 Å². The van der Waals surface area contributed by atoms with Crippen molar-refractivity contribution in [3.8, 4) is 0 Å². The molecule has 100 valence electrons. The summed E-state index contributed by atoms with van der Waals surface area (Å²) in [5.74, 6) is 0. The fraction of sp³-hybridized carbons (Fsp3) is 0.143. The molecule has 2 heterocycles. The molecule has 0 radical (unpaired) electrons. The number of benzene rings is 1. The second kappa shape index (κ2) is 5.83. The van der Waals surface area contributed by atoms with Gasteiger partial charge in [-0.2, -0.15) is 0 Å². The van der Waals surface area contributed by atoms with Crippen molar-refractivity contribution >= 4 is 27.8 Å². The van der Waals surface area contributed by atoms with E-state index >= 15 is 0 Å². The first-order valence-corrected chi connectivity index (χ1v) is 7.38. The van der Waals surface area contributed by atoms with Crippen molar-refractivity contribution in [2.45, 2.75) is 6.67 Å². The van der Waals surface area contributed by atoms with E-state index in [4.69, 9.17) is 0 Å². The molecule has 3 aromatic rings. The van der Waals surface area contributed by atoms with Gasteiger partial charge in [0.15, 0.2) is 0 Å². The second-order valence-corrected chi connectivity index (χ2v) is 4.92. The Labute approximate surface area is 120 Å². The highest BCUT2D eigenvalue weighted by Gasteiger charge is 2.04. The van der Waals surface area contributed by atoms with E-state index in [1.54, 1.807) is 22.6 Å². The monoisotopic (exact) mass is 283 g/mol. The molecule has 2 aromatic heterocycles. The molecule has 0 saturated carbocycles. The lowest BCUT2D eigenvalue weighted by atomic mass is 10.3. The Morgan fingerprint density at radius 3 is 2.95 bits per heavy atom. The van der Waals surface area contributed by atoms with Gasteiger partial charge in [0.2, 0.25) is 0 Å². The first-order chi connectivity index (χ1) is 9.88. The number of aliphatic imine (C=N–C) groups is 1. The van der Waals surface area contributed by atoms with Crippen LogP contribution in [0.1, 0.15) is 5.56 Å². The van der Waals surface area contributed by atoms with Crippen molar-refractivity contribution in [1.29, 1.82) is 0 Å². The van der Waals surface area contributed by atoms with Gasteiger partial charge in [0.1, 0.15) is 17.2 Å². The Balaban J connectivity index is 1.89. The average molecular weight is 283 g/mol. The largest absolute Gasteiger partial charge is 0.264 e. The maximum Gasteiger partial charge on any atom is 0.135 e. The van der Waals surface area contributed by atoms with Gasteiger partial charge < -0.3 is 0 Å². The molecule has 0 bridgehead atoms. The van der Waals surface area contributed by atoms with Gasteiger partial charge in [-0.05, 0) is 30.5 Å². The Morgan fingerprint density at radius 1 is 1.25 bits per heavy atom. The molecule has 1 aromatic carbocycles. The molecular weight excluding hydrogens is 270 g/mol. The van der Waals surface area contributed by atoms with Crippen LogP contribution < -0.4 is 0 Å². The number of hydrogen-bond donors (Lipinski definition) is 0. The zero-order chi connectivity index (χ0) is 13.8. The van der Waals surface area contributed by atoms with Crippen LogP contribution in [0.4, 0.5) is 0 Å². The molecular formula is C14H13N5S. The third kappa shape index (κ3) is 2.55. The van der Waals surface area contributed by atoms with Crippen molar-refractivity contribution in [3.63, 3.8) is 0 Å². The lowest BCUT2D eigenvalue weighted by Crippen LogP contribution is -2.02. The first-order valence-electron chi connectivity index (χ1n) is 6.15. The van der Waals surface area contributed by atoms with Gasteiger partial charge in [0, 0.05) is 18.0 Å². The van der Waals surface area contributed by atoms with E-state index in [1.165, 1.54) is 0 Å². The summed E-state index contributed by atoms with van der Waals surface area (Å²) >= 11 is 1.60. The summed E-state index contributed by atoms with van der Waals surface area (Å²) in [5.41, 5.74) is 2.89. The average Bonchev–Trinajstić information content (AvgIpc) is 2.92. The normalized spacial score (nSPS) is 11.9. The van der Waals surface area contributed by atoms with E-state index in [2.05, 4.69) is 20.3 Å². The van der Waals surface area contributed by atoms with Crippen molar-refractivity contribution in [2.24, 2.45) is 4.99 Å². The lowest BCUT2D eigenvalue weighted by molar-refractivity contribution is 0.630. The summed E-state index contributed by atoms with van der Waals surface area (Å²) in [4.78, 5) is 8.72. The highest BCUT2D eigenvalue weighted by atomic mass is 32.2. The molecule has 6 heteroatoms. The highest BCUT2D eigenvalue weighted by Crippen LogP contribution is 2.13. The minimum atomic E-state index is 0.450. The minimum Gasteiger partial charge on any atom is -0.264 e. The van der Waals surface area contributed by atoms with Crippen molar-refractivity contribution in [1.82, 2.24) is 20.0 Å². The molecule has 0 aliphatic carbocycles. The molecule has 0 spiro atoms. The van der Waals surface area contributed by atoms with Crippen molar-refractivity contribution in [2.75, 3.05) is 6.26 Å². The van der Waals surface area contributed by atoms with Crippen LogP contribution in [0.15, 0.2) is 53.8 Å². The van der Waals surface area contributed by atoms with Gasteiger partial charge in [-0.3, -0.25) is 9.98 Å². The molecule has 5 nitrogen and oxygen atoms in total. The fourth-order valence-electron chi connectivity index (χ4n) is 1.92. The van der Waals surface area contributed by atoms with Gasteiger partial charge in [-0.15, -0.1) is 16.9 Å². The molecule has 20 heavy (non-hydrogen) atoms. The number of para-hydroxylation sites is 1. The minimum absolute atomic E-state index is 0.450. The van der Waals surface area contributed by atoms with Crippen LogP contribution in [0.25, 0.3) is 11.0 Å². The summed E-state index contributed by atoms with van der Waals surface area (Å²) in [6, 6.07) is 11.8. The number of nitrogens with zero attached hydrogens (tertiary/aromatic N) is 5. The van der Waals surface area contributed by atoms with Crippen molar-refractivity contribution in [3.05, 3.63) is 54.4 Å². The van der Waals surface area contributed by atoms with Crippen LogP contribution in [0.3, 0.4) is 0 Å². The van der Waals surface area contributed by atoms with E-state index in [0.717, 1.165) is 21.6 Å². The predicted molar refractivity (Wildman–Crippen MR) is 81.8 cm³/mol. The number of fused-ring (bicyclic) bond motifs is 1. The summed E-state index contributed by atoms with van der Waals surface area (Å²) in [6.07, 6.45) is 5.58. The van der Waals surface area contributed by atoms with Gasteiger partial charge >= 0.3 is 0 Å². The van der Waals surface area contributed by atoms with E-state index in [1.807, 2.05) is 48.9 Å². The zero-order valence-corrected chi connectivity index (χ0v) is 11.8. The van der Waals surface area contributed by atoms with Gasteiger partial charge in [-0.25, -0.2) is 4.68 Å². The Kier molecular flexibility index (Phi) is 3.73. The second-order valence-electron chi connectivity index (χ2n) is 4.13. The smallest absolute Gasteiger partial charge is 0.135 e. The van der Waals surface area contributed by atoms with Crippen LogP contribution in [0, 0.1) is 0 Å². The number of rotatable bonds is 3. The molecule has 3 rings (SSSR count). The Bertz CT molecular complexity index is 735. The zero-order valence-electron chi connectivity index (χ0n) is 11.0. The molecule has 0 aliphatic rings. The molecule has 0 N–H and O–H groups in total. The third-order valence-electron chi connectivity index (χ3n) is 2.87. The Hall–Kier alpha value is -2.21. The van der Waals surface area contributed by atoms with E-state index in [-0.39, 0.29) is 0 Å². The van der Waals surface area contributed by atoms with Gasteiger partial charge in [0.05, 0.1) is 5.52 Å². The molecule has 0 atom stereocenters. The van der Waals surface area contributed by atoms with E-state index < -0.39 is 0 Å². The first kappa shape index (κ1) is 12.8. The molecule has 0 unspecified atom stereocenters. The molecule has 0 fully saturated rings. The summed E-state index contributed by atoms with van der Waals surface area (Å²) in [7, 11) is 0. The predicted octanol–water partition coefficient (Wildman–Crippen LogP) is 2.59. The van der Waals surface area contributed by atoms with Gasteiger partial charge in [0.25, 0.3) is 0 Å². The van der Waals surface area contributed by atoms with Crippen LogP contribution in [0.5, 0.6) is 0 Å². The van der Waals surface area contributed by atoms with Crippen LogP contribution in [-0.2, 0) is 6.67 Å². The lowest BCUT2D eigenvalue weighted by Gasteiger charge is -2.03. The standard InChI is InChI=1S/C14H13N5S/c1-20-14(11-5-4-8-15-9-11)16-10-19-13-7-3-2-6-12(13)17-18-19/h2-9H,10H2,1H3. The topological polar surface area (TPSA) is 56.0 Å². The number of pyridine rings is 1. The fourth-order valence-corrected chi connectivity index (χ4v) is 2.46. The number of hydrogen-bond acceptors (Lipinski definition) is 5. The maximum atomic E-state index is 4.61. The van der Waals surface area contributed by atoms with Crippen molar-refractivity contribution < 1.29 is 0 Å². The Morgan fingerprint density at radius 2 is 2.15 bits per heavy atom. The van der Waals surface area contributed by atoms with E-state index in [0.29, 0.717) is 6.67 Å². The highest BCUT2D eigenvalue weighted by molar-refractivity contribution is 8.13. The van der Waals surface area contributed by atoms with Gasteiger partial charge in [-0.1, -0.05) is 17.3 Å². The van der Waals surface area contributed by atoms with Crippen LogP contribution in [-0.4, -0.2) is 31.3 Å². The summed E-state index contributed by atoms with van der Waals surface area (Å²) in [5, 5.41) is 9.19. The molecule has 0 amide bonds. The number of thioether (sulfide) groups is 1. The summed E-state index contributed by atoms with van der Waals surface area (Å²) < 4.78 is 1.79. The molecule has 0 saturated heterocycles. The number of aromatic nitrogens is 4. The quantitative estimate of drug-likeness (QED) is 0.547. The molecule has 0 aliphatic heterocycles. The summed E-state index contributed by atoms with van der Waals surface area (Å²) in [6.45, 7) is 0.450. The third-order valence-corrected chi connectivity index (χ3v) is 3.62.